The lowest BCUT2D eigenvalue weighted by atomic mass is 9.86. The Bertz CT molecular complexity index is 346. The van der Waals surface area contributed by atoms with Crippen LogP contribution in [0, 0.1) is 5.92 Å². The molecule has 0 atom stereocenters. The Hall–Kier alpha value is -0.380. The molecule has 1 aromatic rings. The minimum atomic E-state index is 0.453. The molecular weight excluding hydrogens is 276 g/mol. The summed E-state index contributed by atoms with van der Waals surface area (Å²) in [4.78, 5) is 0. The van der Waals surface area contributed by atoms with Gasteiger partial charge >= 0.3 is 0 Å². The smallest absolute Gasteiger partial charge is 0.0220 e. The minimum absolute atomic E-state index is 0.453. The first-order valence-corrected chi connectivity index (χ1v) is 7.24. The Kier molecular flexibility index (Phi) is 5.01. The zero-order valence-corrected chi connectivity index (χ0v) is 11.7. The van der Waals surface area contributed by atoms with Crippen LogP contribution in [0.4, 0.5) is 0 Å². The second-order valence-corrected chi connectivity index (χ2v) is 5.86. The van der Waals surface area contributed by atoms with Crippen molar-refractivity contribution in [3.8, 4) is 0 Å². The lowest BCUT2D eigenvalue weighted by Crippen LogP contribution is -2.31. The number of rotatable bonds is 4. The van der Waals surface area contributed by atoms with Gasteiger partial charge in [0.2, 0.25) is 0 Å². The zero-order valence-electron chi connectivity index (χ0n) is 10.2. The fourth-order valence-electron chi connectivity index (χ4n) is 2.45. The van der Waals surface area contributed by atoms with Crippen LogP contribution in [0.1, 0.15) is 31.2 Å². The Balaban J connectivity index is 1.71. The van der Waals surface area contributed by atoms with E-state index in [4.69, 9.17) is 5.73 Å². The zero-order chi connectivity index (χ0) is 12.1. The Morgan fingerprint density at radius 3 is 2.59 bits per heavy atom. The predicted octanol–water partition coefficient (Wildman–Crippen LogP) is 3.06. The maximum atomic E-state index is 5.91. The largest absolute Gasteiger partial charge is 0.328 e. The van der Waals surface area contributed by atoms with E-state index in [0.717, 1.165) is 19.0 Å². The van der Waals surface area contributed by atoms with Crippen LogP contribution in [0.5, 0.6) is 0 Å². The van der Waals surface area contributed by atoms with Crippen molar-refractivity contribution in [2.75, 3.05) is 6.54 Å². The number of hydrogen-bond acceptors (Lipinski definition) is 2. The highest BCUT2D eigenvalue weighted by Crippen LogP contribution is 2.22. The van der Waals surface area contributed by atoms with Gasteiger partial charge in [0.15, 0.2) is 0 Å². The quantitative estimate of drug-likeness (QED) is 0.896. The second kappa shape index (κ2) is 6.53. The number of nitrogens with one attached hydrogen (secondary N) is 1. The molecular formula is C14H21BrN2. The first-order valence-electron chi connectivity index (χ1n) is 6.45. The summed E-state index contributed by atoms with van der Waals surface area (Å²) in [6.07, 6.45) is 4.96. The predicted molar refractivity (Wildman–Crippen MR) is 75.8 cm³/mol. The molecule has 2 rings (SSSR count). The molecule has 0 saturated heterocycles. The van der Waals surface area contributed by atoms with Crippen LogP contribution in [0.25, 0.3) is 0 Å². The van der Waals surface area contributed by atoms with Gasteiger partial charge in [-0.15, -0.1) is 0 Å². The molecule has 1 fully saturated rings. The normalized spacial score (nSPS) is 24.8. The van der Waals surface area contributed by atoms with E-state index in [1.807, 2.05) is 0 Å². The van der Waals surface area contributed by atoms with Gasteiger partial charge < -0.3 is 11.1 Å². The van der Waals surface area contributed by atoms with Gasteiger partial charge in [-0.1, -0.05) is 34.1 Å². The summed E-state index contributed by atoms with van der Waals surface area (Å²) >= 11 is 3.57. The molecule has 0 radical (unpaired) electrons. The highest BCUT2D eigenvalue weighted by atomic mass is 79.9. The average molecular weight is 297 g/mol. The van der Waals surface area contributed by atoms with Gasteiger partial charge in [0.25, 0.3) is 0 Å². The number of hydrogen-bond donors (Lipinski definition) is 2. The summed E-state index contributed by atoms with van der Waals surface area (Å²) in [5, 5.41) is 3.56. The number of benzene rings is 1. The van der Waals surface area contributed by atoms with Gasteiger partial charge in [-0.05, 0) is 49.8 Å². The molecule has 3 N–H and O–H groups in total. The number of nitrogens with two attached hydrogens (primary N) is 1. The fraction of sp³-hybridized carbons (Fsp3) is 0.571. The fourth-order valence-corrected chi connectivity index (χ4v) is 2.87. The van der Waals surface area contributed by atoms with Crippen LogP contribution in [-0.4, -0.2) is 12.6 Å². The second-order valence-electron chi connectivity index (χ2n) is 5.00. The highest BCUT2D eigenvalue weighted by molar-refractivity contribution is 9.10. The van der Waals surface area contributed by atoms with Crippen molar-refractivity contribution in [2.24, 2.45) is 11.7 Å². The van der Waals surface area contributed by atoms with E-state index in [1.54, 1.807) is 0 Å². The van der Waals surface area contributed by atoms with E-state index in [-0.39, 0.29) is 0 Å². The molecule has 2 nitrogen and oxygen atoms in total. The molecule has 17 heavy (non-hydrogen) atoms. The first kappa shape index (κ1) is 13.1. The Morgan fingerprint density at radius 2 is 1.88 bits per heavy atom. The van der Waals surface area contributed by atoms with Crippen molar-refractivity contribution in [3.63, 3.8) is 0 Å². The average Bonchev–Trinajstić information content (AvgIpc) is 2.34. The molecule has 1 aliphatic rings. The van der Waals surface area contributed by atoms with Crippen LogP contribution < -0.4 is 11.1 Å². The SMILES string of the molecule is NC1CCC(CNCc2ccccc2Br)CC1. The molecule has 0 bridgehead atoms. The lowest BCUT2D eigenvalue weighted by Gasteiger charge is -2.26. The summed E-state index contributed by atoms with van der Waals surface area (Å²) < 4.78 is 1.19. The van der Waals surface area contributed by atoms with Gasteiger partial charge in [-0.2, -0.15) is 0 Å². The summed E-state index contributed by atoms with van der Waals surface area (Å²) in [5.74, 6) is 0.817. The van der Waals surface area contributed by atoms with E-state index < -0.39 is 0 Å². The molecule has 1 saturated carbocycles. The summed E-state index contributed by atoms with van der Waals surface area (Å²) in [6.45, 7) is 2.07. The topological polar surface area (TPSA) is 38.0 Å². The maximum Gasteiger partial charge on any atom is 0.0220 e. The van der Waals surface area contributed by atoms with Gasteiger partial charge in [0.05, 0.1) is 0 Å². The van der Waals surface area contributed by atoms with Crippen LogP contribution in [0.3, 0.4) is 0 Å². The molecule has 94 valence electrons. The molecule has 0 spiro atoms. The van der Waals surface area contributed by atoms with Crippen LogP contribution in [0.15, 0.2) is 28.7 Å². The first-order chi connectivity index (χ1) is 8.25. The molecule has 0 unspecified atom stereocenters. The molecule has 0 aromatic heterocycles. The molecule has 0 heterocycles. The summed E-state index contributed by atoms with van der Waals surface area (Å²) in [5.41, 5.74) is 7.24. The van der Waals surface area contributed by atoms with Gasteiger partial charge in [-0.3, -0.25) is 0 Å². The molecule has 1 aliphatic carbocycles. The Labute approximate surface area is 112 Å². The third-order valence-corrected chi connectivity index (χ3v) is 4.37. The van der Waals surface area contributed by atoms with Gasteiger partial charge in [-0.25, -0.2) is 0 Å². The van der Waals surface area contributed by atoms with E-state index >= 15 is 0 Å². The van der Waals surface area contributed by atoms with Crippen molar-refractivity contribution >= 4 is 15.9 Å². The highest BCUT2D eigenvalue weighted by Gasteiger charge is 2.17. The minimum Gasteiger partial charge on any atom is -0.328 e. The van der Waals surface area contributed by atoms with Gasteiger partial charge in [0, 0.05) is 17.1 Å². The molecule has 0 amide bonds. The van der Waals surface area contributed by atoms with Crippen molar-refractivity contribution in [2.45, 2.75) is 38.3 Å². The van der Waals surface area contributed by atoms with Gasteiger partial charge in [0.1, 0.15) is 0 Å². The third-order valence-electron chi connectivity index (χ3n) is 3.60. The van der Waals surface area contributed by atoms with Crippen molar-refractivity contribution < 1.29 is 0 Å². The van der Waals surface area contributed by atoms with E-state index in [0.29, 0.717) is 6.04 Å². The molecule has 1 aromatic carbocycles. The maximum absolute atomic E-state index is 5.91. The molecule has 0 aliphatic heterocycles. The summed E-state index contributed by atoms with van der Waals surface area (Å²) in [6, 6.07) is 8.84. The Morgan fingerprint density at radius 1 is 1.18 bits per heavy atom. The van der Waals surface area contributed by atoms with E-state index in [1.165, 1.54) is 35.7 Å². The summed E-state index contributed by atoms with van der Waals surface area (Å²) in [7, 11) is 0. The molecule has 3 heteroatoms. The number of halogens is 1. The van der Waals surface area contributed by atoms with Crippen molar-refractivity contribution in [1.82, 2.24) is 5.32 Å². The van der Waals surface area contributed by atoms with Crippen molar-refractivity contribution in [1.29, 1.82) is 0 Å². The third kappa shape index (κ3) is 4.09. The van der Waals surface area contributed by atoms with Crippen LogP contribution in [-0.2, 0) is 6.54 Å². The van der Waals surface area contributed by atoms with Crippen LogP contribution >= 0.6 is 15.9 Å². The van der Waals surface area contributed by atoms with Crippen molar-refractivity contribution in [3.05, 3.63) is 34.3 Å². The van der Waals surface area contributed by atoms with Crippen LogP contribution in [0.2, 0.25) is 0 Å². The monoisotopic (exact) mass is 296 g/mol. The lowest BCUT2D eigenvalue weighted by molar-refractivity contribution is 0.314. The van der Waals surface area contributed by atoms with E-state index in [2.05, 4.69) is 45.5 Å². The standard InChI is InChI=1S/C14H21BrN2/c15-14-4-2-1-3-12(14)10-17-9-11-5-7-13(16)8-6-11/h1-4,11,13,17H,5-10,16H2. The van der Waals surface area contributed by atoms with E-state index in [9.17, 15) is 0 Å².